The zero-order valence-electron chi connectivity index (χ0n) is 21.3. The van der Waals surface area contributed by atoms with E-state index in [9.17, 15) is 18.0 Å². The Kier molecular flexibility index (Phi) is 8.02. The minimum Gasteiger partial charge on any atom is -0.382 e. The number of pyridine rings is 1. The van der Waals surface area contributed by atoms with Gasteiger partial charge < -0.3 is 20.4 Å². The van der Waals surface area contributed by atoms with E-state index >= 15 is 0 Å². The van der Waals surface area contributed by atoms with Gasteiger partial charge in [0, 0.05) is 43.3 Å². The van der Waals surface area contributed by atoms with Crippen molar-refractivity contribution in [3.8, 4) is 0 Å². The van der Waals surface area contributed by atoms with Crippen LogP contribution in [0.2, 0.25) is 0 Å². The van der Waals surface area contributed by atoms with E-state index in [0.29, 0.717) is 5.56 Å². The lowest BCUT2D eigenvalue weighted by Gasteiger charge is -2.20. The van der Waals surface area contributed by atoms with Crippen LogP contribution in [-0.4, -0.2) is 56.1 Å². The molecule has 6 nitrogen and oxygen atoms in total. The van der Waals surface area contributed by atoms with Gasteiger partial charge in [0.1, 0.15) is 0 Å². The Labute approximate surface area is 215 Å². The minimum atomic E-state index is -4.47. The molecule has 0 spiro atoms. The summed E-state index contributed by atoms with van der Waals surface area (Å²) in [5.74, 6) is -0.206. The summed E-state index contributed by atoms with van der Waals surface area (Å²) in [7, 11) is 4.07. The van der Waals surface area contributed by atoms with Gasteiger partial charge in [0.25, 0.3) is 5.91 Å². The molecule has 9 heteroatoms. The first-order valence-corrected chi connectivity index (χ1v) is 12.3. The number of hydrogen-bond donors (Lipinski definition) is 2. The van der Waals surface area contributed by atoms with Crippen LogP contribution in [0.15, 0.2) is 60.9 Å². The molecular weight excluding hydrogens is 479 g/mol. The first-order chi connectivity index (χ1) is 17.6. The second kappa shape index (κ2) is 11.2. The van der Waals surface area contributed by atoms with Crippen LogP contribution < -0.4 is 15.5 Å². The van der Waals surface area contributed by atoms with Crippen molar-refractivity contribution in [3.05, 3.63) is 83.2 Å². The van der Waals surface area contributed by atoms with Crippen molar-refractivity contribution in [2.75, 3.05) is 55.8 Å². The number of carbonyl (C=O) groups excluding carboxylic acids is 1. The van der Waals surface area contributed by atoms with Gasteiger partial charge in [-0.1, -0.05) is 12.1 Å². The molecule has 0 radical (unpaired) electrons. The van der Waals surface area contributed by atoms with Crippen LogP contribution in [-0.2, 0) is 6.18 Å². The number of nitrogens with zero attached hydrogens (tertiary/aromatic N) is 3. The van der Waals surface area contributed by atoms with Gasteiger partial charge in [-0.25, -0.2) is 0 Å². The van der Waals surface area contributed by atoms with Gasteiger partial charge in [-0.3, -0.25) is 9.78 Å². The summed E-state index contributed by atoms with van der Waals surface area (Å²) in [6, 6.07) is 12.2. The van der Waals surface area contributed by atoms with Crippen LogP contribution in [0.4, 0.5) is 30.2 Å². The van der Waals surface area contributed by atoms with Crippen molar-refractivity contribution in [2.45, 2.75) is 25.4 Å². The highest BCUT2D eigenvalue weighted by atomic mass is 19.4. The molecular formula is C28H32F3N5O. The van der Waals surface area contributed by atoms with Gasteiger partial charge in [0.2, 0.25) is 0 Å². The van der Waals surface area contributed by atoms with Crippen molar-refractivity contribution in [2.24, 2.45) is 0 Å². The lowest BCUT2D eigenvalue weighted by Crippen LogP contribution is -2.22. The van der Waals surface area contributed by atoms with Gasteiger partial charge in [-0.2, -0.15) is 13.2 Å². The molecule has 37 heavy (non-hydrogen) atoms. The normalized spacial score (nSPS) is 15.8. The predicted molar refractivity (Wildman–Crippen MR) is 141 cm³/mol. The standard InChI is InChI=1S/C28H32F3N5O/c1-19-7-8-20(27(37)34-23-6-4-5-22(14-23)28(29,30)31)13-26(19)21-9-11-36(18-21)25-15-24(16-32-17-25)33-10-12-35(2)3/h4-8,13-17,21,33H,9-12,18H2,1-3H3,(H,34,37). The maximum absolute atomic E-state index is 13.0. The third kappa shape index (κ3) is 6.80. The van der Waals surface area contributed by atoms with Crippen molar-refractivity contribution in [1.29, 1.82) is 0 Å². The van der Waals surface area contributed by atoms with E-state index in [2.05, 4.69) is 31.5 Å². The zero-order valence-corrected chi connectivity index (χ0v) is 21.3. The van der Waals surface area contributed by atoms with Crippen LogP contribution >= 0.6 is 0 Å². The van der Waals surface area contributed by atoms with Gasteiger partial charge in [0.15, 0.2) is 0 Å². The summed E-state index contributed by atoms with van der Waals surface area (Å²) in [5.41, 5.74) is 3.92. The quantitative estimate of drug-likeness (QED) is 0.411. The van der Waals surface area contributed by atoms with Crippen molar-refractivity contribution >= 4 is 23.0 Å². The molecule has 2 aromatic carbocycles. The molecule has 196 valence electrons. The molecule has 1 atom stereocenters. The number of aromatic nitrogens is 1. The van der Waals surface area contributed by atoms with Gasteiger partial charge in [0.05, 0.1) is 29.3 Å². The summed E-state index contributed by atoms with van der Waals surface area (Å²) < 4.78 is 39.1. The van der Waals surface area contributed by atoms with Crippen molar-refractivity contribution in [1.82, 2.24) is 9.88 Å². The predicted octanol–water partition coefficient (Wildman–Crippen LogP) is 5.63. The van der Waals surface area contributed by atoms with Crippen LogP contribution in [0.1, 0.15) is 39.4 Å². The number of carbonyl (C=O) groups is 1. The molecule has 0 aliphatic carbocycles. The minimum absolute atomic E-state index is 0.112. The van der Waals surface area contributed by atoms with E-state index in [1.54, 1.807) is 6.07 Å². The van der Waals surface area contributed by atoms with Crippen LogP contribution in [0.5, 0.6) is 0 Å². The molecule has 1 saturated heterocycles. The summed E-state index contributed by atoms with van der Waals surface area (Å²) in [4.78, 5) is 21.7. The molecule has 4 rings (SSSR count). The van der Waals surface area contributed by atoms with Crippen molar-refractivity contribution < 1.29 is 18.0 Å². The molecule has 3 aromatic rings. The molecule has 1 aromatic heterocycles. The molecule has 1 aliphatic rings. The monoisotopic (exact) mass is 511 g/mol. The zero-order chi connectivity index (χ0) is 26.6. The highest BCUT2D eigenvalue weighted by molar-refractivity contribution is 6.04. The number of amides is 1. The van der Waals surface area contributed by atoms with Gasteiger partial charge in [-0.15, -0.1) is 0 Å². The largest absolute Gasteiger partial charge is 0.416 e. The van der Waals surface area contributed by atoms with Gasteiger partial charge in [-0.05, 0) is 75.0 Å². The fourth-order valence-corrected chi connectivity index (χ4v) is 4.57. The summed E-state index contributed by atoms with van der Waals surface area (Å²) >= 11 is 0. The smallest absolute Gasteiger partial charge is 0.382 e. The first-order valence-electron chi connectivity index (χ1n) is 12.3. The SMILES string of the molecule is Cc1ccc(C(=O)Nc2cccc(C(F)(F)F)c2)cc1C1CCN(c2cncc(NCCN(C)C)c2)C1. The molecule has 1 fully saturated rings. The fourth-order valence-electron chi connectivity index (χ4n) is 4.57. The number of rotatable bonds is 8. The van der Waals surface area contributed by atoms with E-state index in [1.807, 2.05) is 45.5 Å². The lowest BCUT2D eigenvalue weighted by atomic mass is 9.92. The van der Waals surface area contributed by atoms with E-state index in [0.717, 1.165) is 67.2 Å². The summed E-state index contributed by atoms with van der Waals surface area (Å²) in [5, 5.41) is 6.01. The van der Waals surface area contributed by atoms with E-state index in [4.69, 9.17) is 0 Å². The number of anilines is 3. The first kappa shape index (κ1) is 26.5. The Morgan fingerprint density at radius 2 is 1.92 bits per heavy atom. The number of likely N-dealkylation sites (N-methyl/N-ethyl adjacent to an activating group) is 1. The lowest BCUT2D eigenvalue weighted by molar-refractivity contribution is -0.137. The van der Waals surface area contributed by atoms with Crippen LogP contribution in [0.3, 0.4) is 0 Å². The number of aryl methyl sites for hydroxylation is 1. The number of hydrogen-bond acceptors (Lipinski definition) is 5. The summed E-state index contributed by atoms with van der Waals surface area (Å²) in [6.07, 6.45) is 0.149. The second-order valence-corrected chi connectivity index (χ2v) is 9.70. The molecule has 0 bridgehead atoms. The van der Waals surface area contributed by atoms with E-state index in [-0.39, 0.29) is 11.6 Å². The number of nitrogens with one attached hydrogen (secondary N) is 2. The second-order valence-electron chi connectivity index (χ2n) is 9.70. The fraction of sp³-hybridized carbons (Fsp3) is 0.357. The average molecular weight is 512 g/mol. The molecule has 1 amide bonds. The topological polar surface area (TPSA) is 60.5 Å². The number of alkyl halides is 3. The Bertz CT molecular complexity index is 1240. The molecule has 0 saturated carbocycles. The number of halogens is 3. The molecule has 1 unspecified atom stereocenters. The van der Waals surface area contributed by atoms with Crippen LogP contribution in [0.25, 0.3) is 0 Å². The van der Waals surface area contributed by atoms with Gasteiger partial charge >= 0.3 is 6.18 Å². The maximum Gasteiger partial charge on any atom is 0.416 e. The Morgan fingerprint density at radius 3 is 2.68 bits per heavy atom. The molecule has 2 N–H and O–H groups in total. The van der Waals surface area contributed by atoms with Crippen molar-refractivity contribution in [3.63, 3.8) is 0 Å². The third-order valence-electron chi connectivity index (χ3n) is 6.59. The van der Waals surface area contributed by atoms with Crippen LogP contribution in [0, 0.1) is 6.92 Å². The Balaban J connectivity index is 1.44. The van der Waals surface area contributed by atoms with E-state index in [1.165, 1.54) is 12.1 Å². The maximum atomic E-state index is 13.0. The average Bonchev–Trinajstić information content (AvgIpc) is 3.34. The molecule has 1 aliphatic heterocycles. The Hall–Kier alpha value is -3.59. The highest BCUT2D eigenvalue weighted by Crippen LogP contribution is 2.34. The highest BCUT2D eigenvalue weighted by Gasteiger charge is 2.30. The third-order valence-corrected chi connectivity index (χ3v) is 6.59. The summed E-state index contributed by atoms with van der Waals surface area (Å²) in [6.45, 7) is 5.43. The molecule has 2 heterocycles. The number of benzene rings is 2. The van der Waals surface area contributed by atoms with E-state index < -0.39 is 17.6 Å². The Morgan fingerprint density at radius 1 is 1.11 bits per heavy atom.